The van der Waals surface area contributed by atoms with Crippen LogP contribution in [0.15, 0.2) is 23.1 Å². The molecule has 0 heterocycles. The molecule has 2 atom stereocenters. The van der Waals surface area contributed by atoms with Gasteiger partial charge in [-0.05, 0) is 94.2 Å². The van der Waals surface area contributed by atoms with Gasteiger partial charge in [-0.1, -0.05) is 17.7 Å². The Bertz CT molecular complexity index is 1070. The lowest BCUT2D eigenvalue weighted by Crippen LogP contribution is -2.59. The second kappa shape index (κ2) is 7.54. The maximum atomic E-state index is 13.6. The molecule has 2 unspecified atom stereocenters. The monoisotopic (exact) mass is 480 g/mol. The Morgan fingerprint density at radius 2 is 1.78 bits per heavy atom. The fraction of sp³-hybridized carbons (Fsp3) is 0.667. The minimum Gasteiger partial charge on any atom is -0.369 e. The van der Waals surface area contributed by atoms with Gasteiger partial charge in [-0.15, -0.1) is 0 Å². The first-order chi connectivity index (χ1) is 14.7. The summed E-state index contributed by atoms with van der Waals surface area (Å²) in [4.78, 5) is 26.1. The summed E-state index contributed by atoms with van der Waals surface area (Å²) in [7, 11) is -2.48. The molecule has 4 fully saturated rings. The summed E-state index contributed by atoms with van der Waals surface area (Å²) in [5.41, 5.74) is 4.31. The standard InChI is InChI=1S/C24H33ClN2O4S/c1-15-18(25)6-5-7-19(15)32(30,31)27(4)22(2,3)20(28)13-23-9-16-8-17(10-23)12-24(11-16,14-23)21(26)29/h5-7,16-17H,8-14H2,1-4H3,(H2,26,29). The average molecular weight is 481 g/mol. The molecule has 4 aliphatic carbocycles. The molecule has 0 saturated heterocycles. The van der Waals surface area contributed by atoms with Crippen molar-refractivity contribution in [3.63, 3.8) is 0 Å². The second-order valence-corrected chi connectivity index (χ2v) is 13.4. The molecule has 32 heavy (non-hydrogen) atoms. The molecule has 1 aromatic rings. The molecule has 0 aliphatic heterocycles. The Balaban J connectivity index is 1.60. The lowest BCUT2D eigenvalue weighted by atomic mass is 9.43. The fourth-order valence-electron chi connectivity index (χ4n) is 6.99. The van der Waals surface area contributed by atoms with Crippen molar-refractivity contribution in [1.29, 1.82) is 0 Å². The highest BCUT2D eigenvalue weighted by molar-refractivity contribution is 7.89. The molecule has 2 N–H and O–H groups in total. The fourth-order valence-corrected chi connectivity index (χ4v) is 8.97. The lowest BCUT2D eigenvalue weighted by molar-refractivity contribution is -0.159. The number of halogens is 1. The first-order valence-electron chi connectivity index (χ1n) is 11.3. The predicted molar refractivity (Wildman–Crippen MR) is 124 cm³/mol. The number of nitrogens with zero attached hydrogens (tertiary/aromatic N) is 1. The molecule has 4 saturated carbocycles. The molecule has 176 valence electrons. The maximum Gasteiger partial charge on any atom is 0.244 e. The van der Waals surface area contributed by atoms with Gasteiger partial charge in [-0.25, -0.2) is 8.42 Å². The zero-order chi connectivity index (χ0) is 23.7. The summed E-state index contributed by atoms with van der Waals surface area (Å²) >= 11 is 6.16. The maximum absolute atomic E-state index is 13.6. The zero-order valence-corrected chi connectivity index (χ0v) is 20.9. The third-order valence-corrected chi connectivity index (χ3v) is 11.2. The molecule has 0 radical (unpaired) electrons. The average Bonchev–Trinajstić information content (AvgIpc) is 2.67. The predicted octanol–water partition coefficient (Wildman–Crippen LogP) is 4.08. The van der Waals surface area contributed by atoms with Gasteiger partial charge in [-0.2, -0.15) is 4.31 Å². The minimum absolute atomic E-state index is 0.107. The first kappa shape index (κ1) is 23.7. The number of hydrogen-bond donors (Lipinski definition) is 1. The molecule has 1 amide bonds. The van der Waals surface area contributed by atoms with Crippen molar-refractivity contribution in [3.8, 4) is 0 Å². The highest BCUT2D eigenvalue weighted by Gasteiger charge is 2.61. The van der Waals surface area contributed by atoms with E-state index in [0.717, 1.165) is 32.1 Å². The lowest BCUT2D eigenvalue weighted by Gasteiger charge is -2.61. The Hall–Kier alpha value is -1.44. The normalized spacial score (nSPS) is 31.8. The van der Waals surface area contributed by atoms with Crippen LogP contribution in [0.2, 0.25) is 5.02 Å². The van der Waals surface area contributed by atoms with Gasteiger partial charge in [0.05, 0.1) is 15.8 Å². The number of amides is 1. The van der Waals surface area contributed by atoms with Crippen LogP contribution in [0.5, 0.6) is 0 Å². The summed E-state index contributed by atoms with van der Waals surface area (Å²) in [6, 6.07) is 4.76. The van der Waals surface area contributed by atoms with Crippen LogP contribution in [-0.2, 0) is 19.6 Å². The summed E-state index contributed by atoms with van der Waals surface area (Å²) in [5, 5.41) is 0.369. The molecule has 1 aromatic carbocycles. The quantitative estimate of drug-likeness (QED) is 0.635. The van der Waals surface area contributed by atoms with Crippen LogP contribution in [-0.4, -0.2) is 37.0 Å². The van der Waals surface area contributed by atoms with E-state index in [4.69, 9.17) is 17.3 Å². The summed E-state index contributed by atoms with van der Waals surface area (Å²) in [6.45, 7) is 4.99. The van der Waals surface area contributed by atoms with Crippen molar-refractivity contribution >= 4 is 33.3 Å². The van der Waals surface area contributed by atoms with Gasteiger partial charge < -0.3 is 5.73 Å². The third kappa shape index (κ3) is 3.61. The number of sulfonamides is 1. The Morgan fingerprint density at radius 1 is 1.19 bits per heavy atom. The van der Waals surface area contributed by atoms with Crippen LogP contribution < -0.4 is 5.73 Å². The Morgan fingerprint density at radius 3 is 2.34 bits per heavy atom. The van der Waals surface area contributed by atoms with Crippen LogP contribution in [0.1, 0.15) is 64.4 Å². The van der Waals surface area contributed by atoms with Crippen molar-refractivity contribution in [3.05, 3.63) is 28.8 Å². The number of hydrogen-bond acceptors (Lipinski definition) is 4. The molecule has 8 heteroatoms. The van der Waals surface area contributed by atoms with Crippen molar-refractivity contribution in [2.45, 2.75) is 76.2 Å². The first-order valence-corrected chi connectivity index (χ1v) is 13.1. The van der Waals surface area contributed by atoms with Crippen LogP contribution >= 0.6 is 11.6 Å². The molecule has 6 nitrogen and oxygen atoms in total. The number of benzene rings is 1. The minimum atomic E-state index is -3.93. The van der Waals surface area contributed by atoms with E-state index in [1.807, 2.05) is 0 Å². The SMILES string of the molecule is Cc1c(Cl)cccc1S(=O)(=O)N(C)C(C)(C)C(=O)CC12CC3CC(C1)CC(C(N)=O)(C3)C2. The van der Waals surface area contributed by atoms with Crippen molar-refractivity contribution in [2.24, 2.45) is 28.4 Å². The second-order valence-electron chi connectivity index (χ2n) is 11.1. The van der Waals surface area contributed by atoms with E-state index in [1.165, 1.54) is 17.4 Å². The molecule has 0 spiro atoms. The van der Waals surface area contributed by atoms with Crippen LogP contribution in [0.4, 0.5) is 0 Å². The number of nitrogens with two attached hydrogens (primary N) is 1. The van der Waals surface area contributed by atoms with Gasteiger partial charge in [-0.3, -0.25) is 9.59 Å². The van der Waals surface area contributed by atoms with E-state index >= 15 is 0 Å². The number of carbonyl (C=O) groups is 2. The van der Waals surface area contributed by atoms with Crippen LogP contribution in [0.25, 0.3) is 0 Å². The molecule has 5 rings (SSSR count). The largest absolute Gasteiger partial charge is 0.369 e. The van der Waals surface area contributed by atoms with E-state index in [0.29, 0.717) is 28.8 Å². The van der Waals surface area contributed by atoms with Gasteiger partial charge in [0.1, 0.15) is 0 Å². The molecular weight excluding hydrogens is 448 g/mol. The van der Waals surface area contributed by atoms with E-state index < -0.39 is 21.0 Å². The smallest absolute Gasteiger partial charge is 0.244 e. The Kier molecular flexibility index (Phi) is 5.58. The topological polar surface area (TPSA) is 97.5 Å². The van der Waals surface area contributed by atoms with E-state index in [-0.39, 0.29) is 28.4 Å². The van der Waals surface area contributed by atoms with Gasteiger partial charge in [0.25, 0.3) is 0 Å². The molecule has 0 aromatic heterocycles. The van der Waals surface area contributed by atoms with Gasteiger partial charge in [0, 0.05) is 18.5 Å². The van der Waals surface area contributed by atoms with Gasteiger partial charge >= 0.3 is 0 Å². The van der Waals surface area contributed by atoms with E-state index in [1.54, 1.807) is 32.9 Å². The van der Waals surface area contributed by atoms with Crippen molar-refractivity contribution < 1.29 is 18.0 Å². The number of likely N-dealkylation sites (N-methyl/N-ethyl adjacent to an activating group) is 1. The van der Waals surface area contributed by atoms with Crippen LogP contribution in [0.3, 0.4) is 0 Å². The third-order valence-electron chi connectivity index (χ3n) is 8.57. The summed E-state index contributed by atoms with van der Waals surface area (Å²) in [6.07, 6.45) is 5.54. The number of carbonyl (C=O) groups excluding carboxylic acids is 2. The molecular formula is C24H33ClN2O4S. The number of Topliss-reactive ketones (excluding diaryl/α,β-unsaturated/α-hetero) is 1. The summed E-state index contributed by atoms with van der Waals surface area (Å²) < 4.78 is 28.0. The van der Waals surface area contributed by atoms with Gasteiger partial charge in [0.15, 0.2) is 5.78 Å². The van der Waals surface area contributed by atoms with Crippen LogP contribution in [0, 0.1) is 29.6 Å². The van der Waals surface area contributed by atoms with E-state index in [2.05, 4.69) is 0 Å². The number of primary amides is 1. The van der Waals surface area contributed by atoms with Gasteiger partial charge in [0.2, 0.25) is 15.9 Å². The molecule has 4 bridgehead atoms. The highest BCUT2D eigenvalue weighted by Crippen LogP contribution is 2.66. The summed E-state index contributed by atoms with van der Waals surface area (Å²) in [5.74, 6) is 0.495. The Labute approximate surface area is 195 Å². The zero-order valence-electron chi connectivity index (χ0n) is 19.3. The van der Waals surface area contributed by atoms with Crippen molar-refractivity contribution in [1.82, 2.24) is 4.31 Å². The van der Waals surface area contributed by atoms with Crippen molar-refractivity contribution in [2.75, 3.05) is 7.05 Å². The number of rotatable bonds is 7. The number of ketones is 1. The van der Waals surface area contributed by atoms with E-state index in [9.17, 15) is 18.0 Å². The highest BCUT2D eigenvalue weighted by atomic mass is 35.5. The molecule has 4 aliphatic rings.